The first-order valence-corrected chi connectivity index (χ1v) is 10.3. The summed E-state index contributed by atoms with van der Waals surface area (Å²) in [5.41, 5.74) is 2.15. The quantitative estimate of drug-likeness (QED) is 0.729. The molecule has 0 amide bonds. The van der Waals surface area contributed by atoms with Gasteiger partial charge in [0.15, 0.2) is 0 Å². The molecule has 3 heterocycles. The molecular formula is C21H30N4O2. The van der Waals surface area contributed by atoms with Gasteiger partial charge in [-0.2, -0.15) is 0 Å². The SMILES string of the molecule is OC[C@@H]1CCCN1CCCOc1ccc2c(C3CCNCC3)ncnc2c1. The van der Waals surface area contributed by atoms with Crippen molar-refractivity contribution in [2.24, 2.45) is 0 Å². The molecule has 2 fully saturated rings. The van der Waals surface area contributed by atoms with E-state index in [-0.39, 0.29) is 6.61 Å². The van der Waals surface area contributed by atoms with Crippen LogP contribution in [0.4, 0.5) is 0 Å². The second-order valence-electron chi connectivity index (χ2n) is 7.68. The minimum atomic E-state index is 0.268. The fourth-order valence-corrected chi connectivity index (χ4v) is 4.42. The van der Waals surface area contributed by atoms with Crippen molar-refractivity contribution in [1.29, 1.82) is 0 Å². The molecular weight excluding hydrogens is 340 g/mol. The highest BCUT2D eigenvalue weighted by Crippen LogP contribution is 2.30. The van der Waals surface area contributed by atoms with Crippen molar-refractivity contribution >= 4 is 10.9 Å². The maximum Gasteiger partial charge on any atom is 0.121 e. The highest BCUT2D eigenvalue weighted by Gasteiger charge is 2.23. The van der Waals surface area contributed by atoms with Crippen molar-refractivity contribution in [1.82, 2.24) is 20.2 Å². The van der Waals surface area contributed by atoms with Gasteiger partial charge in [0, 0.05) is 30.0 Å². The van der Waals surface area contributed by atoms with Crippen LogP contribution in [0.1, 0.15) is 43.7 Å². The number of aliphatic hydroxyl groups is 1. The summed E-state index contributed by atoms with van der Waals surface area (Å²) in [4.78, 5) is 11.4. The first-order chi connectivity index (χ1) is 13.3. The Hall–Kier alpha value is -1.76. The molecule has 2 saturated heterocycles. The van der Waals surface area contributed by atoms with Crippen LogP contribution in [0.2, 0.25) is 0 Å². The van der Waals surface area contributed by atoms with E-state index in [9.17, 15) is 5.11 Å². The van der Waals surface area contributed by atoms with Crippen LogP contribution < -0.4 is 10.1 Å². The van der Waals surface area contributed by atoms with Crippen molar-refractivity contribution < 1.29 is 9.84 Å². The summed E-state index contributed by atoms with van der Waals surface area (Å²) in [7, 11) is 0. The number of likely N-dealkylation sites (tertiary alicyclic amines) is 1. The fraction of sp³-hybridized carbons (Fsp3) is 0.619. The number of piperidine rings is 1. The van der Waals surface area contributed by atoms with Gasteiger partial charge in [-0.3, -0.25) is 4.90 Å². The zero-order valence-corrected chi connectivity index (χ0v) is 15.9. The number of rotatable bonds is 7. The number of aromatic nitrogens is 2. The number of hydrogen-bond acceptors (Lipinski definition) is 6. The Labute approximate surface area is 161 Å². The minimum absolute atomic E-state index is 0.268. The van der Waals surface area contributed by atoms with Gasteiger partial charge in [0.05, 0.1) is 24.4 Å². The van der Waals surface area contributed by atoms with Gasteiger partial charge in [0.2, 0.25) is 0 Å². The Kier molecular flexibility index (Phi) is 6.17. The lowest BCUT2D eigenvalue weighted by atomic mass is 9.92. The lowest BCUT2D eigenvalue weighted by molar-refractivity contribution is 0.150. The van der Waals surface area contributed by atoms with Crippen LogP contribution in [0.5, 0.6) is 5.75 Å². The molecule has 6 heteroatoms. The molecule has 4 rings (SSSR count). The van der Waals surface area contributed by atoms with E-state index >= 15 is 0 Å². The number of aliphatic hydroxyl groups excluding tert-OH is 1. The summed E-state index contributed by atoms with van der Waals surface area (Å²) in [5.74, 6) is 1.39. The summed E-state index contributed by atoms with van der Waals surface area (Å²) in [6.45, 7) is 5.16. The van der Waals surface area contributed by atoms with E-state index in [1.54, 1.807) is 6.33 Å². The van der Waals surface area contributed by atoms with E-state index in [4.69, 9.17) is 4.74 Å². The van der Waals surface area contributed by atoms with Crippen molar-refractivity contribution in [3.05, 3.63) is 30.2 Å². The molecule has 1 atom stereocenters. The molecule has 1 aromatic carbocycles. The average molecular weight is 370 g/mol. The highest BCUT2D eigenvalue weighted by atomic mass is 16.5. The number of hydrogen-bond donors (Lipinski definition) is 2. The van der Waals surface area contributed by atoms with Crippen LogP contribution in [-0.2, 0) is 0 Å². The normalized spacial score (nSPS) is 21.7. The molecule has 2 aliphatic heterocycles. The molecule has 0 bridgehead atoms. The van der Waals surface area contributed by atoms with E-state index in [1.165, 1.54) is 12.1 Å². The zero-order chi connectivity index (χ0) is 18.5. The summed E-state index contributed by atoms with van der Waals surface area (Å²) in [6.07, 6.45) is 7.23. The van der Waals surface area contributed by atoms with Gasteiger partial charge < -0.3 is 15.2 Å². The van der Waals surface area contributed by atoms with Crippen molar-refractivity contribution in [2.75, 3.05) is 39.4 Å². The minimum Gasteiger partial charge on any atom is -0.493 e. The van der Waals surface area contributed by atoms with Crippen LogP contribution in [0.3, 0.4) is 0 Å². The number of nitrogens with zero attached hydrogens (tertiary/aromatic N) is 3. The van der Waals surface area contributed by atoms with Gasteiger partial charge in [0.1, 0.15) is 12.1 Å². The Morgan fingerprint density at radius 3 is 2.93 bits per heavy atom. The third-order valence-corrected chi connectivity index (χ3v) is 5.93. The zero-order valence-electron chi connectivity index (χ0n) is 15.9. The molecule has 27 heavy (non-hydrogen) atoms. The topological polar surface area (TPSA) is 70.5 Å². The van der Waals surface area contributed by atoms with E-state index < -0.39 is 0 Å². The lowest BCUT2D eigenvalue weighted by Gasteiger charge is -2.23. The van der Waals surface area contributed by atoms with Gasteiger partial charge in [-0.1, -0.05) is 0 Å². The predicted octanol–water partition coefficient (Wildman–Crippen LogP) is 2.32. The molecule has 0 spiro atoms. The molecule has 0 saturated carbocycles. The number of nitrogens with one attached hydrogen (secondary N) is 1. The first-order valence-electron chi connectivity index (χ1n) is 10.3. The number of benzene rings is 1. The molecule has 2 N–H and O–H groups in total. The molecule has 0 unspecified atom stereocenters. The largest absolute Gasteiger partial charge is 0.493 e. The standard InChI is InChI=1S/C21H30N4O2/c26-14-17-3-1-10-25(17)11-2-12-27-18-4-5-19-20(13-18)23-15-24-21(19)16-6-8-22-9-7-16/h4-5,13,15-17,22,26H,1-3,6-12,14H2/t17-/m0/s1. The molecule has 2 aliphatic rings. The molecule has 0 aliphatic carbocycles. The van der Waals surface area contributed by atoms with Gasteiger partial charge in [-0.05, 0) is 63.9 Å². The maximum atomic E-state index is 9.40. The van der Waals surface area contributed by atoms with Gasteiger partial charge in [-0.15, -0.1) is 0 Å². The van der Waals surface area contributed by atoms with Gasteiger partial charge in [-0.25, -0.2) is 9.97 Å². The fourth-order valence-electron chi connectivity index (χ4n) is 4.42. The Balaban J connectivity index is 1.36. The van der Waals surface area contributed by atoms with Gasteiger partial charge >= 0.3 is 0 Å². The van der Waals surface area contributed by atoms with Crippen LogP contribution in [0.25, 0.3) is 10.9 Å². The van der Waals surface area contributed by atoms with Crippen LogP contribution in [0.15, 0.2) is 24.5 Å². The van der Waals surface area contributed by atoms with E-state index in [1.807, 2.05) is 12.1 Å². The Bertz CT molecular complexity index is 748. The van der Waals surface area contributed by atoms with Crippen molar-refractivity contribution in [3.63, 3.8) is 0 Å². The molecule has 6 nitrogen and oxygen atoms in total. The second-order valence-corrected chi connectivity index (χ2v) is 7.68. The summed E-state index contributed by atoms with van der Waals surface area (Å²) in [6, 6.07) is 6.54. The third-order valence-electron chi connectivity index (χ3n) is 5.93. The van der Waals surface area contributed by atoms with E-state index in [2.05, 4.69) is 26.3 Å². The smallest absolute Gasteiger partial charge is 0.121 e. The third kappa shape index (κ3) is 4.39. The number of fused-ring (bicyclic) bond motifs is 1. The Morgan fingerprint density at radius 2 is 2.07 bits per heavy atom. The second kappa shape index (κ2) is 8.95. The monoisotopic (exact) mass is 370 g/mol. The molecule has 2 aromatic rings. The lowest BCUT2D eigenvalue weighted by Crippen LogP contribution is -2.33. The summed E-state index contributed by atoms with van der Waals surface area (Å²) >= 11 is 0. The van der Waals surface area contributed by atoms with Crippen molar-refractivity contribution in [2.45, 2.75) is 44.1 Å². The highest BCUT2D eigenvalue weighted by molar-refractivity contribution is 5.82. The average Bonchev–Trinajstić information content (AvgIpc) is 3.19. The van der Waals surface area contributed by atoms with E-state index in [0.29, 0.717) is 18.6 Å². The van der Waals surface area contributed by atoms with Gasteiger partial charge in [0.25, 0.3) is 0 Å². The first kappa shape index (κ1) is 18.6. The van der Waals surface area contributed by atoms with Crippen LogP contribution in [-0.4, -0.2) is 65.4 Å². The summed E-state index contributed by atoms with van der Waals surface area (Å²) in [5, 5.41) is 14.0. The van der Waals surface area contributed by atoms with Crippen LogP contribution >= 0.6 is 0 Å². The summed E-state index contributed by atoms with van der Waals surface area (Å²) < 4.78 is 5.97. The molecule has 1 aromatic heterocycles. The van der Waals surface area contributed by atoms with Crippen LogP contribution in [0, 0.1) is 0 Å². The maximum absolute atomic E-state index is 9.40. The predicted molar refractivity (Wildman–Crippen MR) is 106 cm³/mol. The van der Waals surface area contributed by atoms with Crippen molar-refractivity contribution in [3.8, 4) is 5.75 Å². The Morgan fingerprint density at radius 1 is 1.19 bits per heavy atom. The molecule has 0 radical (unpaired) electrons. The molecule has 146 valence electrons. The van der Waals surface area contributed by atoms with E-state index in [0.717, 1.165) is 68.5 Å². The number of ether oxygens (including phenoxy) is 1.